The Balaban J connectivity index is 1.41. The summed E-state index contributed by atoms with van der Waals surface area (Å²) in [6.07, 6.45) is 5.59. The average Bonchev–Trinajstić information content (AvgIpc) is 3.40. The number of rotatable bonds is 9. The van der Waals surface area contributed by atoms with Gasteiger partial charge in [-0.3, -0.25) is 14.8 Å². The van der Waals surface area contributed by atoms with E-state index < -0.39 is 0 Å². The monoisotopic (exact) mass is 512 g/mol. The zero-order valence-corrected chi connectivity index (χ0v) is 21.5. The molecule has 0 fully saturated rings. The molecule has 0 unspecified atom stereocenters. The highest BCUT2D eigenvalue weighted by atomic mass is 16.5. The number of aryl methyl sites for hydroxylation is 1. The van der Waals surface area contributed by atoms with Crippen molar-refractivity contribution in [1.82, 2.24) is 25.3 Å². The molecule has 194 valence electrons. The van der Waals surface area contributed by atoms with Crippen LogP contribution in [0.5, 0.6) is 17.4 Å². The first kappa shape index (κ1) is 24.9. The lowest BCUT2D eigenvalue weighted by Gasteiger charge is -2.19. The van der Waals surface area contributed by atoms with Gasteiger partial charge in [-0.2, -0.15) is 4.98 Å². The summed E-state index contributed by atoms with van der Waals surface area (Å²) in [6, 6.07) is 13.4. The first-order valence-electron chi connectivity index (χ1n) is 12.2. The third kappa shape index (κ3) is 5.34. The van der Waals surface area contributed by atoms with E-state index in [1.54, 1.807) is 26.6 Å². The Bertz CT molecular complexity index is 1430. The minimum atomic E-state index is -0.368. The molecule has 0 aliphatic carbocycles. The highest BCUT2D eigenvalue weighted by Gasteiger charge is 2.27. The Kier molecular flexibility index (Phi) is 7.30. The smallest absolute Gasteiger partial charge is 0.258 e. The number of benzene rings is 2. The number of anilines is 2. The SMILES string of the molecule is COc1ccc(COc2nc(N3CCc4c(OC)cccc43)ncc2C(=O)NCc2cnc(C)cn2)cc1. The molecule has 2 aromatic heterocycles. The number of methoxy groups -OCH3 is 2. The number of hydrogen-bond acceptors (Lipinski definition) is 9. The summed E-state index contributed by atoms with van der Waals surface area (Å²) < 4.78 is 16.8. The Labute approximate surface area is 220 Å². The summed E-state index contributed by atoms with van der Waals surface area (Å²) >= 11 is 0. The van der Waals surface area contributed by atoms with Gasteiger partial charge >= 0.3 is 0 Å². The molecule has 0 bridgehead atoms. The molecule has 0 atom stereocenters. The minimum absolute atomic E-state index is 0.189. The number of carbonyl (C=O) groups excluding carboxylic acids is 1. The van der Waals surface area contributed by atoms with Gasteiger partial charge in [0.25, 0.3) is 5.91 Å². The van der Waals surface area contributed by atoms with E-state index in [0.717, 1.165) is 40.4 Å². The zero-order valence-electron chi connectivity index (χ0n) is 21.5. The van der Waals surface area contributed by atoms with Crippen LogP contribution >= 0.6 is 0 Å². The second-order valence-electron chi connectivity index (χ2n) is 8.72. The van der Waals surface area contributed by atoms with Crippen LogP contribution in [0.1, 0.15) is 32.9 Å². The van der Waals surface area contributed by atoms with Crippen LogP contribution in [0.15, 0.2) is 61.1 Å². The molecule has 4 aromatic rings. The first-order valence-corrected chi connectivity index (χ1v) is 12.2. The number of nitrogens with one attached hydrogen (secondary N) is 1. The van der Waals surface area contributed by atoms with Crippen LogP contribution in [0.25, 0.3) is 0 Å². The molecule has 0 saturated carbocycles. The van der Waals surface area contributed by atoms with Crippen molar-refractivity contribution in [2.24, 2.45) is 0 Å². The van der Waals surface area contributed by atoms with Gasteiger partial charge in [0.05, 0.1) is 44.0 Å². The van der Waals surface area contributed by atoms with Crippen molar-refractivity contribution in [2.75, 3.05) is 25.7 Å². The van der Waals surface area contributed by atoms with Crippen LogP contribution in [-0.4, -0.2) is 46.6 Å². The van der Waals surface area contributed by atoms with Crippen LogP contribution in [0, 0.1) is 6.92 Å². The average molecular weight is 513 g/mol. The third-order valence-corrected chi connectivity index (χ3v) is 6.23. The maximum Gasteiger partial charge on any atom is 0.258 e. The molecule has 3 heterocycles. The van der Waals surface area contributed by atoms with Crippen LogP contribution < -0.4 is 24.4 Å². The molecular formula is C28H28N6O4. The Morgan fingerprint density at radius 2 is 1.84 bits per heavy atom. The van der Waals surface area contributed by atoms with Crippen LogP contribution in [-0.2, 0) is 19.6 Å². The second kappa shape index (κ2) is 11.1. The molecule has 38 heavy (non-hydrogen) atoms. The highest BCUT2D eigenvalue weighted by Crippen LogP contribution is 2.38. The van der Waals surface area contributed by atoms with Crippen molar-refractivity contribution in [1.29, 1.82) is 0 Å². The Morgan fingerprint density at radius 1 is 1.00 bits per heavy atom. The van der Waals surface area contributed by atoms with Gasteiger partial charge in [0.15, 0.2) is 0 Å². The van der Waals surface area contributed by atoms with Crippen LogP contribution in [0.3, 0.4) is 0 Å². The minimum Gasteiger partial charge on any atom is -0.497 e. The van der Waals surface area contributed by atoms with E-state index in [2.05, 4.69) is 25.3 Å². The quantitative estimate of drug-likeness (QED) is 0.358. The van der Waals surface area contributed by atoms with E-state index in [0.29, 0.717) is 18.2 Å². The molecular weight excluding hydrogens is 484 g/mol. The van der Waals surface area contributed by atoms with Gasteiger partial charge in [0.2, 0.25) is 11.8 Å². The van der Waals surface area contributed by atoms with Crippen molar-refractivity contribution in [2.45, 2.75) is 26.5 Å². The second-order valence-corrected chi connectivity index (χ2v) is 8.72. The molecule has 0 saturated heterocycles. The number of fused-ring (bicyclic) bond motifs is 1. The summed E-state index contributed by atoms with van der Waals surface area (Å²) in [6.45, 7) is 2.97. The van der Waals surface area contributed by atoms with Gasteiger partial charge in [0.1, 0.15) is 23.7 Å². The number of carbonyl (C=O) groups is 1. The predicted molar refractivity (Wildman–Crippen MR) is 141 cm³/mol. The topological polar surface area (TPSA) is 112 Å². The van der Waals surface area contributed by atoms with Crippen molar-refractivity contribution >= 4 is 17.5 Å². The van der Waals surface area contributed by atoms with E-state index in [1.165, 1.54) is 6.20 Å². The normalized spacial score (nSPS) is 12.1. The molecule has 1 aliphatic rings. The molecule has 0 spiro atoms. The van der Waals surface area contributed by atoms with Crippen molar-refractivity contribution in [3.8, 4) is 17.4 Å². The van der Waals surface area contributed by atoms with E-state index in [1.807, 2.05) is 54.3 Å². The fourth-order valence-corrected chi connectivity index (χ4v) is 4.20. The molecule has 1 aliphatic heterocycles. The lowest BCUT2D eigenvalue weighted by atomic mass is 10.1. The number of hydrogen-bond donors (Lipinski definition) is 1. The Hall–Kier alpha value is -4.73. The van der Waals surface area contributed by atoms with Gasteiger partial charge < -0.3 is 24.4 Å². The van der Waals surface area contributed by atoms with Gasteiger partial charge in [-0.1, -0.05) is 18.2 Å². The third-order valence-electron chi connectivity index (χ3n) is 6.23. The van der Waals surface area contributed by atoms with Crippen molar-refractivity contribution < 1.29 is 19.0 Å². The molecule has 2 aromatic carbocycles. The highest BCUT2D eigenvalue weighted by molar-refractivity contribution is 5.96. The molecule has 0 radical (unpaired) electrons. The number of nitrogens with zero attached hydrogens (tertiary/aromatic N) is 5. The largest absolute Gasteiger partial charge is 0.497 e. The predicted octanol–water partition coefficient (Wildman–Crippen LogP) is 3.80. The zero-order chi connectivity index (χ0) is 26.5. The number of amides is 1. The van der Waals surface area contributed by atoms with Crippen molar-refractivity contribution in [3.63, 3.8) is 0 Å². The fraction of sp³-hybridized carbons (Fsp3) is 0.250. The standard InChI is InChI=1S/C28H28N6O4/c1-18-13-30-20(14-29-18)15-31-26(35)23-16-32-28(34-12-11-22-24(34)5-4-6-25(22)37-3)33-27(23)38-17-19-7-9-21(36-2)10-8-19/h4-10,13-14,16H,11-12,15,17H2,1-3H3,(H,31,35). The van der Waals surface area contributed by atoms with Gasteiger partial charge in [-0.05, 0) is 43.2 Å². The molecule has 1 N–H and O–H groups in total. The van der Waals surface area contributed by atoms with Crippen LogP contribution in [0.4, 0.5) is 11.6 Å². The maximum atomic E-state index is 13.1. The fourth-order valence-electron chi connectivity index (χ4n) is 4.20. The molecule has 1 amide bonds. The maximum absolute atomic E-state index is 13.1. The summed E-state index contributed by atoms with van der Waals surface area (Å²) in [5, 5.41) is 2.86. The number of aromatic nitrogens is 4. The van der Waals surface area contributed by atoms with E-state index in [4.69, 9.17) is 14.2 Å². The molecule has 5 rings (SSSR count). The summed E-state index contributed by atoms with van der Waals surface area (Å²) in [5.41, 5.74) is 4.65. The molecule has 10 heteroatoms. The lowest BCUT2D eigenvalue weighted by Crippen LogP contribution is -2.25. The molecule has 10 nitrogen and oxygen atoms in total. The summed E-state index contributed by atoms with van der Waals surface area (Å²) in [5.74, 6) is 1.85. The summed E-state index contributed by atoms with van der Waals surface area (Å²) in [7, 11) is 3.28. The van der Waals surface area contributed by atoms with Gasteiger partial charge in [-0.25, -0.2) is 4.98 Å². The number of ether oxygens (including phenoxy) is 3. The van der Waals surface area contributed by atoms with E-state index >= 15 is 0 Å². The lowest BCUT2D eigenvalue weighted by molar-refractivity contribution is 0.0944. The first-order chi connectivity index (χ1) is 18.6. The van der Waals surface area contributed by atoms with Crippen molar-refractivity contribution in [3.05, 3.63) is 89.1 Å². The Morgan fingerprint density at radius 3 is 2.58 bits per heavy atom. The summed E-state index contributed by atoms with van der Waals surface area (Å²) in [4.78, 5) is 32.9. The van der Waals surface area contributed by atoms with Crippen LogP contribution in [0.2, 0.25) is 0 Å². The van der Waals surface area contributed by atoms with E-state index in [-0.39, 0.29) is 30.5 Å². The van der Waals surface area contributed by atoms with E-state index in [9.17, 15) is 4.79 Å². The van der Waals surface area contributed by atoms with Gasteiger partial charge in [-0.15, -0.1) is 0 Å². The van der Waals surface area contributed by atoms with Gasteiger partial charge in [0, 0.05) is 24.5 Å².